The van der Waals surface area contributed by atoms with E-state index in [9.17, 15) is 19.2 Å². The number of anilines is 1. The molecule has 1 aliphatic heterocycles. The van der Waals surface area contributed by atoms with Crippen molar-refractivity contribution in [1.29, 1.82) is 0 Å². The molecule has 0 radical (unpaired) electrons. The summed E-state index contributed by atoms with van der Waals surface area (Å²) >= 11 is 6.82. The van der Waals surface area contributed by atoms with Gasteiger partial charge in [0.2, 0.25) is 0 Å². The third-order valence-corrected chi connectivity index (χ3v) is 6.87. The number of hydrogen-bond acceptors (Lipinski definition) is 5. The fourth-order valence-electron chi connectivity index (χ4n) is 3.46. The standard InChI is InChI=1S/C26H18Br2N2O6/c1-14-10-18(7-8-20(14)27)30-24(32)19(23(31)29-26(30)35)11-16-4-9-22(21(28)12-16)36-13-15-2-5-17(6-3-15)25(33)34/h2-12H,13H2,1H3,(H,33,34)(H,29,31,35)/b19-11+. The van der Waals surface area contributed by atoms with Crippen molar-refractivity contribution < 1.29 is 29.0 Å². The van der Waals surface area contributed by atoms with Gasteiger partial charge in [-0.25, -0.2) is 14.5 Å². The van der Waals surface area contributed by atoms with E-state index in [1.54, 1.807) is 48.5 Å². The molecule has 0 saturated carbocycles. The lowest BCUT2D eigenvalue weighted by Crippen LogP contribution is -2.54. The number of barbiturate groups is 1. The number of halogens is 2. The Morgan fingerprint density at radius 2 is 1.72 bits per heavy atom. The molecule has 10 heteroatoms. The maximum atomic E-state index is 13.1. The van der Waals surface area contributed by atoms with Crippen molar-refractivity contribution in [3.8, 4) is 5.75 Å². The number of urea groups is 1. The average Bonchev–Trinajstić information content (AvgIpc) is 2.83. The van der Waals surface area contributed by atoms with Crippen LogP contribution in [-0.2, 0) is 16.2 Å². The Kier molecular flexibility index (Phi) is 7.37. The Hall–Kier alpha value is -3.76. The topological polar surface area (TPSA) is 113 Å². The van der Waals surface area contributed by atoms with E-state index in [0.29, 0.717) is 21.5 Å². The maximum Gasteiger partial charge on any atom is 0.335 e. The van der Waals surface area contributed by atoms with Gasteiger partial charge < -0.3 is 9.84 Å². The first-order chi connectivity index (χ1) is 17.1. The molecule has 4 rings (SSSR count). The van der Waals surface area contributed by atoms with Gasteiger partial charge in [0.1, 0.15) is 17.9 Å². The fraction of sp³-hybridized carbons (Fsp3) is 0.0769. The van der Waals surface area contributed by atoms with Gasteiger partial charge in [0, 0.05) is 4.47 Å². The molecular weight excluding hydrogens is 596 g/mol. The number of carboxylic acid groups (broad SMARTS) is 1. The van der Waals surface area contributed by atoms with Gasteiger partial charge in [-0.2, -0.15) is 0 Å². The predicted octanol–water partition coefficient (Wildman–Crippen LogP) is 5.46. The number of hydrogen-bond donors (Lipinski definition) is 2. The lowest BCUT2D eigenvalue weighted by atomic mass is 10.1. The second-order valence-corrected chi connectivity index (χ2v) is 9.58. The van der Waals surface area contributed by atoms with E-state index in [-0.39, 0.29) is 17.7 Å². The lowest BCUT2D eigenvalue weighted by Gasteiger charge is -2.26. The van der Waals surface area contributed by atoms with E-state index < -0.39 is 23.8 Å². The van der Waals surface area contributed by atoms with Crippen LogP contribution in [0.5, 0.6) is 5.75 Å². The second kappa shape index (κ2) is 10.5. The monoisotopic (exact) mass is 612 g/mol. The molecule has 1 saturated heterocycles. The van der Waals surface area contributed by atoms with Crippen LogP contribution in [0, 0.1) is 6.92 Å². The highest BCUT2D eigenvalue weighted by Crippen LogP contribution is 2.30. The number of aryl methyl sites for hydroxylation is 1. The van der Waals surface area contributed by atoms with Crippen LogP contribution in [0.15, 0.2) is 75.2 Å². The van der Waals surface area contributed by atoms with Crippen molar-refractivity contribution in [3.63, 3.8) is 0 Å². The number of nitrogens with zero attached hydrogens (tertiary/aromatic N) is 1. The summed E-state index contributed by atoms with van der Waals surface area (Å²) in [6.45, 7) is 2.04. The highest BCUT2D eigenvalue weighted by Gasteiger charge is 2.37. The van der Waals surface area contributed by atoms with E-state index >= 15 is 0 Å². The lowest BCUT2D eigenvalue weighted by molar-refractivity contribution is -0.122. The summed E-state index contributed by atoms with van der Waals surface area (Å²) in [6, 6.07) is 15.6. The summed E-state index contributed by atoms with van der Waals surface area (Å²) in [6.07, 6.45) is 1.40. The zero-order valence-corrected chi connectivity index (χ0v) is 21.9. The number of nitrogens with one attached hydrogen (secondary N) is 1. The third kappa shape index (κ3) is 5.39. The molecule has 0 unspecified atom stereocenters. The van der Waals surface area contributed by atoms with Crippen LogP contribution >= 0.6 is 31.9 Å². The molecule has 0 atom stereocenters. The molecule has 36 heavy (non-hydrogen) atoms. The minimum absolute atomic E-state index is 0.186. The van der Waals surface area contributed by atoms with Gasteiger partial charge in [0.15, 0.2) is 0 Å². The van der Waals surface area contributed by atoms with E-state index in [4.69, 9.17) is 9.84 Å². The molecule has 1 fully saturated rings. The number of aromatic carboxylic acids is 1. The fourth-order valence-corrected chi connectivity index (χ4v) is 4.21. The van der Waals surface area contributed by atoms with E-state index in [2.05, 4.69) is 37.2 Å². The number of imide groups is 2. The van der Waals surface area contributed by atoms with Crippen LogP contribution in [-0.4, -0.2) is 28.9 Å². The van der Waals surface area contributed by atoms with E-state index in [1.165, 1.54) is 18.2 Å². The number of ether oxygens (including phenoxy) is 1. The third-order valence-electron chi connectivity index (χ3n) is 5.36. The van der Waals surface area contributed by atoms with Crippen molar-refractivity contribution in [1.82, 2.24) is 5.32 Å². The highest BCUT2D eigenvalue weighted by molar-refractivity contribution is 9.10. The molecule has 182 valence electrons. The van der Waals surface area contributed by atoms with Crippen LogP contribution in [0.1, 0.15) is 27.0 Å². The Labute approximate surface area is 222 Å². The summed E-state index contributed by atoms with van der Waals surface area (Å²) in [4.78, 5) is 49.9. The van der Waals surface area contributed by atoms with Gasteiger partial charge in [-0.15, -0.1) is 0 Å². The minimum atomic E-state index is -1.00. The van der Waals surface area contributed by atoms with Crippen LogP contribution in [0.4, 0.5) is 10.5 Å². The Morgan fingerprint density at radius 3 is 2.36 bits per heavy atom. The van der Waals surface area contributed by atoms with Gasteiger partial charge in [0.05, 0.1) is 15.7 Å². The molecule has 8 nitrogen and oxygen atoms in total. The zero-order valence-electron chi connectivity index (χ0n) is 18.7. The van der Waals surface area contributed by atoms with Crippen molar-refractivity contribution in [2.45, 2.75) is 13.5 Å². The second-order valence-electron chi connectivity index (χ2n) is 7.87. The molecule has 0 aliphatic carbocycles. The first-order valence-corrected chi connectivity index (χ1v) is 12.1. The average molecular weight is 614 g/mol. The highest BCUT2D eigenvalue weighted by atomic mass is 79.9. The molecule has 4 amide bonds. The molecule has 3 aromatic carbocycles. The SMILES string of the molecule is Cc1cc(N2C(=O)NC(=O)/C(=C\c3ccc(OCc4ccc(C(=O)O)cc4)c(Br)c3)C2=O)ccc1Br. The smallest absolute Gasteiger partial charge is 0.335 e. The van der Waals surface area contributed by atoms with Crippen LogP contribution in [0.25, 0.3) is 6.08 Å². The normalized spacial score (nSPS) is 14.7. The molecular formula is C26H18Br2N2O6. The van der Waals surface area contributed by atoms with E-state index in [1.807, 2.05) is 6.92 Å². The Balaban J connectivity index is 1.53. The minimum Gasteiger partial charge on any atom is -0.488 e. The quantitative estimate of drug-likeness (QED) is 0.282. The first kappa shape index (κ1) is 25.3. The molecule has 0 spiro atoms. The number of amides is 4. The molecule has 1 aliphatic rings. The summed E-state index contributed by atoms with van der Waals surface area (Å²) in [5, 5.41) is 11.2. The molecule has 3 aromatic rings. The van der Waals surface area contributed by atoms with Gasteiger partial charge in [0.25, 0.3) is 11.8 Å². The summed E-state index contributed by atoms with van der Waals surface area (Å²) < 4.78 is 7.21. The van der Waals surface area contributed by atoms with Gasteiger partial charge >= 0.3 is 12.0 Å². The van der Waals surface area contributed by atoms with Crippen molar-refractivity contribution in [2.24, 2.45) is 0 Å². The maximum absolute atomic E-state index is 13.1. The number of carboxylic acids is 1. The molecule has 1 heterocycles. The largest absolute Gasteiger partial charge is 0.488 e. The van der Waals surface area contributed by atoms with Gasteiger partial charge in [-0.1, -0.05) is 34.1 Å². The van der Waals surface area contributed by atoms with E-state index in [0.717, 1.165) is 20.5 Å². The summed E-state index contributed by atoms with van der Waals surface area (Å²) in [5.41, 5.74) is 2.50. The van der Waals surface area contributed by atoms with Crippen LogP contribution in [0.2, 0.25) is 0 Å². The molecule has 0 aromatic heterocycles. The summed E-state index contributed by atoms with van der Waals surface area (Å²) in [7, 11) is 0. The summed E-state index contributed by atoms with van der Waals surface area (Å²) in [5.74, 6) is -2.00. The van der Waals surface area contributed by atoms with Gasteiger partial charge in [-0.05, 0) is 88.1 Å². The van der Waals surface area contributed by atoms with Crippen LogP contribution < -0.4 is 15.0 Å². The molecule has 2 N–H and O–H groups in total. The van der Waals surface area contributed by atoms with Gasteiger partial charge in [-0.3, -0.25) is 14.9 Å². The van der Waals surface area contributed by atoms with Crippen molar-refractivity contribution in [2.75, 3.05) is 4.90 Å². The number of rotatable bonds is 6. The number of carbonyl (C=O) groups excluding carboxylic acids is 3. The predicted molar refractivity (Wildman–Crippen MR) is 140 cm³/mol. The van der Waals surface area contributed by atoms with Crippen molar-refractivity contribution in [3.05, 3.63) is 97.4 Å². The first-order valence-electron chi connectivity index (χ1n) is 10.6. The van der Waals surface area contributed by atoms with Crippen molar-refractivity contribution >= 4 is 67.4 Å². The Morgan fingerprint density at radius 1 is 1.00 bits per heavy atom. The Bertz CT molecular complexity index is 1430. The molecule has 0 bridgehead atoms. The number of carbonyl (C=O) groups is 4. The zero-order chi connectivity index (χ0) is 26.0. The van der Waals surface area contributed by atoms with Crippen LogP contribution in [0.3, 0.4) is 0 Å². The number of benzene rings is 3.